The highest BCUT2D eigenvalue weighted by atomic mass is 32.2. The molecule has 0 aromatic rings. The molecule has 3 unspecified atom stereocenters. The van der Waals surface area contributed by atoms with Gasteiger partial charge in [-0.15, -0.1) is 11.8 Å². The van der Waals surface area contributed by atoms with Crippen LogP contribution < -0.4 is 0 Å². The highest BCUT2D eigenvalue weighted by Crippen LogP contribution is 2.50. The van der Waals surface area contributed by atoms with E-state index < -0.39 is 23.6 Å². The number of carboxylic acid groups (broad SMARTS) is 1. The summed E-state index contributed by atoms with van der Waals surface area (Å²) >= 11 is 1.39. The van der Waals surface area contributed by atoms with Gasteiger partial charge < -0.3 is 10.0 Å². The number of halogens is 1. The number of carboxylic acids is 1. The normalized spacial score (nSPS) is 39.2. The van der Waals surface area contributed by atoms with Crippen molar-refractivity contribution in [3.63, 3.8) is 0 Å². The summed E-state index contributed by atoms with van der Waals surface area (Å²) in [4.78, 5) is 24.0. The number of carbonyl (C=O) groups excluding carboxylic acids is 1. The van der Waals surface area contributed by atoms with Crippen LogP contribution in [0.2, 0.25) is 0 Å². The highest BCUT2D eigenvalue weighted by molar-refractivity contribution is 7.99. The van der Waals surface area contributed by atoms with Crippen LogP contribution in [0, 0.1) is 5.41 Å². The molecule has 1 aliphatic heterocycles. The number of thioether (sulfide) groups is 1. The maximum absolute atomic E-state index is 13.0. The van der Waals surface area contributed by atoms with Gasteiger partial charge in [-0.25, -0.2) is 9.18 Å². The van der Waals surface area contributed by atoms with Gasteiger partial charge in [0.05, 0.1) is 11.3 Å². The van der Waals surface area contributed by atoms with Gasteiger partial charge in [0.25, 0.3) is 0 Å². The number of amides is 1. The van der Waals surface area contributed by atoms with Gasteiger partial charge in [0.1, 0.15) is 12.2 Å². The van der Waals surface area contributed by atoms with Gasteiger partial charge in [-0.05, 0) is 13.3 Å². The first-order valence-electron chi connectivity index (χ1n) is 4.72. The largest absolute Gasteiger partial charge is 0.480 e. The Morgan fingerprint density at radius 1 is 1.60 bits per heavy atom. The van der Waals surface area contributed by atoms with Crippen molar-refractivity contribution in [1.82, 2.24) is 4.90 Å². The summed E-state index contributed by atoms with van der Waals surface area (Å²) < 4.78 is 13.0. The summed E-state index contributed by atoms with van der Waals surface area (Å²) in [6, 6.07) is -0.785. The quantitative estimate of drug-likeness (QED) is 0.763. The van der Waals surface area contributed by atoms with Crippen LogP contribution >= 0.6 is 11.8 Å². The van der Waals surface area contributed by atoms with Crippen molar-refractivity contribution in [2.24, 2.45) is 5.41 Å². The van der Waals surface area contributed by atoms with E-state index in [1.807, 2.05) is 0 Å². The predicted molar refractivity (Wildman–Crippen MR) is 53.2 cm³/mol. The Bertz CT molecular complexity index is 324. The molecule has 3 atom stereocenters. The minimum absolute atomic E-state index is 0.222. The monoisotopic (exact) mass is 233 g/mol. The van der Waals surface area contributed by atoms with Crippen molar-refractivity contribution in [2.75, 3.05) is 11.6 Å². The van der Waals surface area contributed by atoms with Gasteiger partial charge in [0, 0.05) is 5.75 Å². The molecule has 0 aromatic heterocycles. The number of alkyl halides is 1. The van der Waals surface area contributed by atoms with Crippen LogP contribution in [0.25, 0.3) is 0 Å². The fourth-order valence-corrected chi connectivity index (χ4v) is 2.86. The molecular formula is C9H12FNO3S. The molecule has 1 saturated heterocycles. The third-order valence-corrected chi connectivity index (χ3v) is 4.06. The number of rotatable bonds is 2. The van der Waals surface area contributed by atoms with E-state index >= 15 is 0 Å². The maximum atomic E-state index is 13.0. The Kier molecular flexibility index (Phi) is 2.41. The van der Waals surface area contributed by atoms with Gasteiger partial charge in [-0.2, -0.15) is 0 Å². The molecule has 1 heterocycles. The summed E-state index contributed by atoms with van der Waals surface area (Å²) in [5, 5.41) is 8.88. The Hall–Kier alpha value is -0.780. The molecule has 15 heavy (non-hydrogen) atoms. The molecule has 2 rings (SSSR count). The van der Waals surface area contributed by atoms with Crippen LogP contribution in [0.4, 0.5) is 4.39 Å². The molecule has 0 radical (unpaired) electrons. The highest BCUT2D eigenvalue weighted by Gasteiger charge is 2.60. The van der Waals surface area contributed by atoms with E-state index in [9.17, 15) is 14.0 Å². The molecular weight excluding hydrogens is 221 g/mol. The zero-order chi connectivity index (χ0) is 11.2. The Morgan fingerprint density at radius 2 is 2.20 bits per heavy atom. The second-order valence-electron chi connectivity index (χ2n) is 4.22. The molecule has 4 nitrogen and oxygen atoms in total. The van der Waals surface area contributed by atoms with Crippen LogP contribution in [0.15, 0.2) is 0 Å². The van der Waals surface area contributed by atoms with Gasteiger partial charge in [-0.3, -0.25) is 4.79 Å². The number of hydrogen-bond donors (Lipinski definition) is 1. The van der Waals surface area contributed by atoms with Gasteiger partial charge in [0.2, 0.25) is 5.91 Å². The van der Waals surface area contributed by atoms with Crippen LogP contribution in [-0.4, -0.2) is 45.7 Å². The third-order valence-electron chi connectivity index (χ3n) is 3.05. The SMILES string of the molecule is CC1(C(=O)N2CSCC2C(=O)O)CC1F. The van der Waals surface area contributed by atoms with Crippen molar-refractivity contribution >= 4 is 23.6 Å². The zero-order valence-corrected chi connectivity index (χ0v) is 9.09. The summed E-state index contributed by atoms with van der Waals surface area (Å²) in [6.45, 7) is 1.56. The van der Waals surface area contributed by atoms with E-state index in [1.165, 1.54) is 16.7 Å². The first-order valence-corrected chi connectivity index (χ1v) is 5.88. The van der Waals surface area contributed by atoms with E-state index in [-0.39, 0.29) is 12.3 Å². The first kappa shape index (κ1) is 10.7. The van der Waals surface area contributed by atoms with Gasteiger partial charge >= 0.3 is 5.97 Å². The van der Waals surface area contributed by atoms with Gasteiger partial charge in [-0.1, -0.05) is 0 Å². The van der Waals surface area contributed by atoms with Gasteiger partial charge in [0.15, 0.2) is 0 Å². The van der Waals surface area contributed by atoms with Crippen LogP contribution in [0.3, 0.4) is 0 Å². The van der Waals surface area contributed by atoms with E-state index in [4.69, 9.17) is 5.11 Å². The second-order valence-corrected chi connectivity index (χ2v) is 5.22. The summed E-state index contributed by atoms with van der Waals surface area (Å²) in [6.07, 6.45) is -0.885. The fraction of sp³-hybridized carbons (Fsp3) is 0.778. The molecule has 1 N–H and O–H groups in total. The van der Waals surface area contributed by atoms with E-state index in [2.05, 4.69) is 0 Å². The number of hydrogen-bond acceptors (Lipinski definition) is 3. The standard InChI is InChI=1S/C9H12FNO3S/c1-9(2-6(9)10)8(14)11-4-15-3-5(11)7(12)13/h5-6H,2-4H2,1H3,(H,12,13). The fourth-order valence-electron chi connectivity index (χ4n) is 1.71. The lowest BCUT2D eigenvalue weighted by molar-refractivity contribution is -0.150. The second kappa shape index (κ2) is 3.37. The van der Waals surface area contributed by atoms with Crippen molar-refractivity contribution in [1.29, 1.82) is 0 Å². The lowest BCUT2D eigenvalue weighted by atomic mass is 10.1. The molecule has 2 fully saturated rings. The van der Waals surface area contributed by atoms with E-state index in [1.54, 1.807) is 6.92 Å². The zero-order valence-electron chi connectivity index (χ0n) is 8.27. The van der Waals surface area contributed by atoms with Crippen LogP contribution in [-0.2, 0) is 9.59 Å². The average Bonchev–Trinajstić information content (AvgIpc) is 2.68. The van der Waals surface area contributed by atoms with E-state index in [0.29, 0.717) is 11.6 Å². The van der Waals surface area contributed by atoms with Crippen LogP contribution in [0.5, 0.6) is 0 Å². The number of nitrogens with zero attached hydrogens (tertiary/aromatic N) is 1. The van der Waals surface area contributed by atoms with E-state index in [0.717, 1.165) is 0 Å². The Morgan fingerprint density at radius 3 is 2.67 bits per heavy atom. The molecule has 84 valence electrons. The average molecular weight is 233 g/mol. The number of carbonyl (C=O) groups is 2. The molecule has 6 heteroatoms. The molecule has 0 aromatic carbocycles. The molecule has 0 bridgehead atoms. The summed E-state index contributed by atoms with van der Waals surface area (Å²) in [7, 11) is 0. The minimum atomic E-state index is -1.11. The molecule has 1 amide bonds. The molecule has 1 aliphatic carbocycles. The van der Waals surface area contributed by atoms with Crippen molar-refractivity contribution in [2.45, 2.75) is 25.6 Å². The molecule has 1 saturated carbocycles. The van der Waals surface area contributed by atoms with Crippen molar-refractivity contribution < 1.29 is 19.1 Å². The topological polar surface area (TPSA) is 57.6 Å². The molecule has 0 spiro atoms. The maximum Gasteiger partial charge on any atom is 0.327 e. The lowest BCUT2D eigenvalue weighted by Gasteiger charge is -2.23. The smallest absolute Gasteiger partial charge is 0.327 e. The Balaban J connectivity index is 2.10. The van der Waals surface area contributed by atoms with Crippen molar-refractivity contribution in [3.05, 3.63) is 0 Å². The lowest BCUT2D eigenvalue weighted by Crippen LogP contribution is -2.45. The number of aliphatic carboxylic acids is 1. The minimum Gasteiger partial charge on any atom is -0.480 e. The summed E-state index contributed by atoms with van der Waals surface area (Å²) in [5.74, 6) is -0.605. The predicted octanol–water partition coefficient (Wildman–Crippen LogP) is 0.721. The Labute approximate surface area is 90.8 Å². The van der Waals surface area contributed by atoms with Crippen LogP contribution in [0.1, 0.15) is 13.3 Å². The first-order chi connectivity index (χ1) is 6.97. The van der Waals surface area contributed by atoms with Crippen molar-refractivity contribution in [3.8, 4) is 0 Å². The third kappa shape index (κ3) is 1.60. The molecule has 2 aliphatic rings. The summed E-state index contributed by atoms with van der Waals surface area (Å²) in [5.41, 5.74) is -0.960.